The Hall–Kier alpha value is -1.38. The van der Waals surface area contributed by atoms with Crippen molar-refractivity contribution in [3.8, 4) is 0 Å². The molecule has 2 unspecified atom stereocenters. The van der Waals surface area contributed by atoms with Crippen LogP contribution in [0.3, 0.4) is 0 Å². The van der Waals surface area contributed by atoms with Crippen molar-refractivity contribution in [2.45, 2.75) is 32.6 Å². The standard InChI is InChI=1S/C13H17NO2/c1-8(2)10-4-3-5-14-12(10)7-9-6-11(9)13(15)16/h3-5,8-9,11H,6-7H2,1-2H3,(H,15,16). The lowest BCUT2D eigenvalue weighted by atomic mass is 9.98. The van der Waals surface area contributed by atoms with Crippen LogP contribution < -0.4 is 0 Å². The Morgan fingerprint density at radius 1 is 1.62 bits per heavy atom. The first-order chi connectivity index (χ1) is 7.59. The van der Waals surface area contributed by atoms with Crippen molar-refractivity contribution in [2.24, 2.45) is 11.8 Å². The van der Waals surface area contributed by atoms with E-state index in [9.17, 15) is 4.79 Å². The average Bonchev–Trinajstić information content (AvgIpc) is 2.98. The molecule has 1 aliphatic carbocycles. The second-order valence-corrected chi connectivity index (χ2v) is 4.84. The highest BCUT2D eigenvalue weighted by Crippen LogP contribution is 2.41. The van der Waals surface area contributed by atoms with Gasteiger partial charge in [0.2, 0.25) is 0 Å². The molecule has 1 saturated carbocycles. The van der Waals surface area contributed by atoms with Gasteiger partial charge >= 0.3 is 5.97 Å². The van der Waals surface area contributed by atoms with Crippen molar-refractivity contribution >= 4 is 5.97 Å². The highest BCUT2D eigenvalue weighted by molar-refractivity contribution is 5.73. The number of aromatic nitrogens is 1. The largest absolute Gasteiger partial charge is 0.481 e. The Balaban J connectivity index is 2.08. The topological polar surface area (TPSA) is 50.2 Å². The minimum atomic E-state index is -0.660. The van der Waals surface area contributed by atoms with Crippen LogP contribution in [0.2, 0.25) is 0 Å². The van der Waals surface area contributed by atoms with Crippen molar-refractivity contribution in [2.75, 3.05) is 0 Å². The summed E-state index contributed by atoms with van der Waals surface area (Å²) in [5, 5.41) is 8.86. The van der Waals surface area contributed by atoms with E-state index in [0.29, 0.717) is 11.8 Å². The fourth-order valence-corrected chi connectivity index (χ4v) is 2.17. The number of rotatable bonds is 4. The van der Waals surface area contributed by atoms with E-state index in [1.165, 1.54) is 5.56 Å². The van der Waals surface area contributed by atoms with Crippen molar-refractivity contribution in [3.05, 3.63) is 29.6 Å². The third-order valence-electron chi connectivity index (χ3n) is 3.24. The summed E-state index contributed by atoms with van der Waals surface area (Å²) < 4.78 is 0. The number of aliphatic carboxylic acids is 1. The predicted molar refractivity (Wildman–Crippen MR) is 61.3 cm³/mol. The lowest BCUT2D eigenvalue weighted by Crippen LogP contribution is -2.04. The first kappa shape index (κ1) is 11.1. The molecule has 3 nitrogen and oxygen atoms in total. The number of carbonyl (C=O) groups is 1. The number of pyridine rings is 1. The number of nitrogens with zero attached hydrogens (tertiary/aromatic N) is 1. The van der Waals surface area contributed by atoms with Gasteiger partial charge in [0.25, 0.3) is 0 Å². The predicted octanol–water partition coefficient (Wildman–Crippen LogP) is 2.47. The molecule has 3 heteroatoms. The Kier molecular flexibility index (Phi) is 2.95. The Morgan fingerprint density at radius 2 is 2.38 bits per heavy atom. The van der Waals surface area contributed by atoms with E-state index in [1.807, 2.05) is 6.07 Å². The summed E-state index contributed by atoms with van der Waals surface area (Å²) in [5.74, 6) is -0.0512. The summed E-state index contributed by atoms with van der Waals surface area (Å²) in [6, 6.07) is 4.03. The fourth-order valence-electron chi connectivity index (χ4n) is 2.17. The number of carboxylic acids is 1. The third kappa shape index (κ3) is 2.23. The molecule has 2 atom stereocenters. The van der Waals surface area contributed by atoms with Crippen LogP contribution in [-0.2, 0) is 11.2 Å². The van der Waals surface area contributed by atoms with Gasteiger partial charge in [0.15, 0.2) is 0 Å². The molecular weight excluding hydrogens is 202 g/mol. The average molecular weight is 219 g/mol. The van der Waals surface area contributed by atoms with Crippen molar-refractivity contribution in [1.82, 2.24) is 4.98 Å². The molecule has 0 aromatic carbocycles. The molecule has 1 fully saturated rings. The van der Waals surface area contributed by atoms with Gasteiger partial charge in [-0.05, 0) is 36.3 Å². The van der Waals surface area contributed by atoms with Crippen molar-refractivity contribution in [3.63, 3.8) is 0 Å². The van der Waals surface area contributed by atoms with Crippen LogP contribution in [0.1, 0.15) is 37.4 Å². The summed E-state index contributed by atoms with van der Waals surface area (Å²) in [5.41, 5.74) is 2.32. The fraction of sp³-hybridized carbons (Fsp3) is 0.538. The second-order valence-electron chi connectivity index (χ2n) is 4.84. The maximum Gasteiger partial charge on any atom is 0.306 e. The number of carboxylic acid groups (broad SMARTS) is 1. The van der Waals surface area contributed by atoms with Crippen molar-refractivity contribution < 1.29 is 9.90 Å². The quantitative estimate of drug-likeness (QED) is 0.846. The zero-order valence-corrected chi connectivity index (χ0v) is 9.68. The molecule has 1 aromatic rings. The summed E-state index contributed by atoms with van der Waals surface area (Å²) in [6.07, 6.45) is 3.41. The summed E-state index contributed by atoms with van der Waals surface area (Å²) in [6.45, 7) is 4.28. The first-order valence-electron chi connectivity index (χ1n) is 5.76. The minimum absolute atomic E-state index is 0.137. The van der Waals surface area contributed by atoms with Crippen LogP contribution in [-0.4, -0.2) is 16.1 Å². The van der Waals surface area contributed by atoms with Gasteiger partial charge in [0, 0.05) is 11.9 Å². The molecule has 0 aliphatic heterocycles. The number of hydrogen-bond donors (Lipinski definition) is 1. The number of hydrogen-bond acceptors (Lipinski definition) is 2. The minimum Gasteiger partial charge on any atom is -0.481 e. The molecule has 0 bridgehead atoms. The van der Waals surface area contributed by atoms with Gasteiger partial charge in [-0.15, -0.1) is 0 Å². The molecule has 1 aromatic heterocycles. The molecule has 1 heterocycles. The first-order valence-corrected chi connectivity index (χ1v) is 5.76. The zero-order valence-electron chi connectivity index (χ0n) is 9.68. The molecule has 2 rings (SSSR count). The van der Waals surface area contributed by atoms with Gasteiger partial charge in [-0.1, -0.05) is 19.9 Å². The van der Waals surface area contributed by atoms with E-state index in [2.05, 4.69) is 24.9 Å². The van der Waals surface area contributed by atoms with Gasteiger partial charge in [0.05, 0.1) is 5.92 Å². The molecule has 1 aliphatic rings. The van der Waals surface area contributed by atoms with E-state index in [4.69, 9.17) is 5.11 Å². The van der Waals surface area contributed by atoms with E-state index in [-0.39, 0.29) is 5.92 Å². The van der Waals surface area contributed by atoms with Gasteiger partial charge in [-0.3, -0.25) is 9.78 Å². The Morgan fingerprint density at radius 3 is 2.94 bits per heavy atom. The van der Waals surface area contributed by atoms with Crippen LogP contribution >= 0.6 is 0 Å². The lowest BCUT2D eigenvalue weighted by molar-refractivity contribution is -0.138. The normalized spacial score (nSPS) is 23.4. The molecule has 0 amide bonds. The van der Waals surface area contributed by atoms with Crippen LogP contribution in [0, 0.1) is 11.8 Å². The van der Waals surface area contributed by atoms with Crippen LogP contribution in [0.5, 0.6) is 0 Å². The molecular formula is C13H17NO2. The lowest BCUT2D eigenvalue weighted by Gasteiger charge is -2.10. The zero-order chi connectivity index (χ0) is 11.7. The molecule has 0 spiro atoms. The summed E-state index contributed by atoms with van der Waals surface area (Å²) in [7, 11) is 0. The SMILES string of the molecule is CC(C)c1cccnc1CC1CC1C(=O)O. The van der Waals surface area contributed by atoms with E-state index in [0.717, 1.165) is 18.5 Å². The van der Waals surface area contributed by atoms with Crippen molar-refractivity contribution in [1.29, 1.82) is 0 Å². The highest BCUT2D eigenvalue weighted by Gasteiger charge is 2.43. The monoisotopic (exact) mass is 219 g/mol. The van der Waals surface area contributed by atoms with Gasteiger partial charge in [0.1, 0.15) is 0 Å². The highest BCUT2D eigenvalue weighted by atomic mass is 16.4. The summed E-state index contributed by atoms with van der Waals surface area (Å²) >= 11 is 0. The van der Waals surface area contributed by atoms with Gasteiger partial charge < -0.3 is 5.11 Å². The second kappa shape index (κ2) is 4.24. The smallest absolute Gasteiger partial charge is 0.306 e. The van der Waals surface area contributed by atoms with E-state index in [1.54, 1.807) is 6.20 Å². The van der Waals surface area contributed by atoms with Gasteiger partial charge in [-0.2, -0.15) is 0 Å². The maximum atomic E-state index is 10.8. The molecule has 1 N–H and O–H groups in total. The Labute approximate surface area is 95.5 Å². The van der Waals surface area contributed by atoms with E-state index >= 15 is 0 Å². The summed E-state index contributed by atoms with van der Waals surface area (Å²) in [4.78, 5) is 15.1. The molecule has 0 radical (unpaired) electrons. The Bertz CT molecular complexity index is 401. The third-order valence-corrected chi connectivity index (χ3v) is 3.24. The molecule has 86 valence electrons. The van der Waals surface area contributed by atoms with Crippen LogP contribution in [0.25, 0.3) is 0 Å². The van der Waals surface area contributed by atoms with Crippen LogP contribution in [0.4, 0.5) is 0 Å². The van der Waals surface area contributed by atoms with Gasteiger partial charge in [-0.25, -0.2) is 0 Å². The maximum absolute atomic E-state index is 10.8. The van der Waals surface area contributed by atoms with E-state index < -0.39 is 5.97 Å². The molecule has 0 saturated heterocycles. The van der Waals surface area contributed by atoms with Crippen LogP contribution in [0.15, 0.2) is 18.3 Å². The molecule has 16 heavy (non-hydrogen) atoms.